The highest BCUT2D eigenvalue weighted by Crippen LogP contribution is 2.24. The van der Waals surface area contributed by atoms with E-state index in [-0.39, 0.29) is 17.6 Å². The summed E-state index contributed by atoms with van der Waals surface area (Å²) >= 11 is 0. The van der Waals surface area contributed by atoms with E-state index in [4.69, 9.17) is 4.98 Å². The van der Waals surface area contributed by atoms with Crippen LogP contribution in [0.3, 0.4) is 0 Å². The minimum Gasteiger partial charge on any atom is -0.367 e. The second-order valence-electron chi connectivity index (χ2n) is 9.29. The molecule has 8 heteroatoms. The predicted molar refractivity (Wildman–Crippen MR) is 134 cm³/mol. The fraction of sp³-hybridized carbons (Fsp3) is 0.462. The van der Waals surface area contributed by atoms with Crippen molar-refractivity contribution in [3.05, 3.63) is 54.3 Å². The van der Waals surface area contributed by atoms with E-state index in [9.17, 15) is 9.18 Å². The maximum absolute atomic E-state index is 14.0. The fourth-order valence-corrected chi connectivity index (χ4v) is 5.05. The van der Waals surface area contributed by atoms with Crippen LogP contribution in [0.2, 0.25) is 0 Å². The Hall–Kier alpha value is -3.13. The molecule has 1 atom stereocenters. The number of amides is 1. The molecule has 3 heterocycles. The number of H-pyrrole nitrogens is 1. The Morgan fingerprint density at radius 2 is 1.82 bits per heavy atom. The molecule has 7 nitrogen and oxygen atoms in total. The van der Waals surface area contributed by atoms with E-state index in [1.807, 2.05) is 36.4 Å². The van der Waals surface area contributed by atoms with Gasteiger partial charge in [-0.15, -0.1) is 0 Å². The van der Waals surface area contributed by atoms with E-state index >= 15 is 0 Å². The molecule has 2 saturated heterocycles. The first-order valence-corrected chi connectivity index (χ1v) is 12.4. The molecule has 2 N–H and O–H groups in total. The van der Waals surface area contributed by atoms with Crippen molar-refractivity contribution in [3.8, 4) is 0 Å². The van der Waals surface area contributed by atoms with Gasteiger partial charge in [-0.05, 0) is 50.1 Å². The first-order chi connectivity index (χ1) is 16.7. The normalized spacial score (nSPS) is 19.5. The van der Waals surface area contributed by atoms with Crippen LogP contribution in [-0.4, -0.2) is 73.1 Å². The summed E-state index contributed by atoms with van der Waals surface area (Å²) in [6.07, 6.45) is 2.83. The second kappa shape index (κ2) is 10.4. The number of halogens is 1. The topological polar surface area (TPSA) is 67.5 Å². The van der Waals surface area contributed by atoms with Gasteiger partial charge in [-0.25, -0.2) is 9.37 Å². The minimum absolute atomic E-state index is 0.00808. The molecule has 3 aromatic rings. The predicted octanol–water partition coefficient (Wildman–Crippen LogP) is 3.25. The molecule has 2 fully saturated rings. The number of aromatic amines is 1. The maximum atomic E-state index is 14.0. The fourth-order valence-electron chi connectivity index (χ4n) is 5.05. The third-order valence-corrected chi connectivity index (χ3v) is 6.98. The zero-order valence-electron chi connectivity index (χ0n) is 19.5. The summed E-state index contributed by atoms with van der Waals surface area (Å²) in [5.74, 6) is 0.838. The largest absolute Gasteiger partial charge is 0.367 e. The van der Waals surface area contributed by atoms with Gasteiger partial charge in [0.25, 0.3) is 0 Å². The van der Waals surface area contributed by atoms with Gasteiger partial charge in [0.05, 0.1) is 22.6 Å². The van der Waals surface area contributed by atoms with E-state index in [0.29, 0.717) is 18.8 Å². The Balaban J connectivity index is 1.03. The number of para-hydroxylation sites is 3. The van der Waals surface area contributed by atoms with Crippen LogP contribution in [0.25, 0.3) is 11.0 Å². The quantitative estimate of drug-likeness (QED) is 0.526. The molecule has 2 aliphatic rings. The smallest absolute Gasteiger partial charge is 0.224 e. The van der Waals surface area contributed by atoms with Gasteiger partial charge < -0.3 is 20.1 Å². The minimum atomic E-state index is -0.153. The third-order valence-electron chi connectivity index (χ3n) is 6.98. The summed E-state index contributed by atoms with van der Waals surface area (Å²) in [6, 6.07) is 15.0. The van der Waals surface area contributed by atoms with Crippen LogP contribution < -0.4 is 15.1 Å². The Morgan fingerprint density at radius 1 is 1.03 bits per heavy atom. The first kappa shape index (κ1) is 22.7. The third kappa shape index (κ3) is 5.17. The van der Waals surface area contributed by atoms with Gasteiger partial charge in [-0.3, -0.25) is 9.69 Å². The molecule has 1 aromatic heterocycles. The molecule has 0 aliphatic carbocycles. The summed E-state index contributed by atoms with van der Waals surface area (Å²) in [6.45, 7) is 6.73. The molecular weight excluding hydrogens is 431 g/mol. The lowest BCUT2D eigenvalue weighted by atomic mass is 9.97. The highest BCUT2D eigenvalue weighted by atomic mass is 19.1. The monoisotopic (exact) mass is 464 g/mol. The number of anilines is 2. The van der Waals surface area contributed by atoms with Crippen molar-refractivity contribution in [3.63, 3.8) is 0 Å². The lowest BCUT2D eigenvalue weighted by Gasteiger charge is -2.36. The number of piperazine rings is 1. The number of carbonyl (C=O) groups excluding carboxylic acids is 1. The van der Waals surface area contributed by atoms with Crippen molar-refractivity contribution in [1.82, 2.24) is 20.2 Å². The van der Waals surface area contributed by atoms with E-state index in [0.717, 1.165) is 75.5 Å². The van der Waals surface area contributed by atoms with Crippen LogP contribution in [-0.2, 0) is 4.79 Å². The van der Waals surface area contributed by atoms with Crippen molar-refractivity contribution in [2.45, 2.75) is 19.3 Å². The number of nitrogens with one attached hydrogen (secondary N) is 2. The van der Waals surface area contributed by atoms with E-state index in [1.54, 1.807) is 6.07 Å². The van der Waals surface area contributed by atoms with Crippen LogP contribution in [0.4, 0.5) is 16.0 Å². The summed E-state index contributed by atoms with van der Waals surface area (Å²) in [4.78, 5) is 27.6. The number of nitrogens with zero attached hydrogens (tertiary/aromatic N) is 4. The molecule has 180 valence electrons. The van der Waals surface area contributed by atoms with Crippen molar-refractivity contribution in [2.75, 3.05) is 62.2 Å². The van der Waals surface area contributed by atoms with Crippen LogP contribution in [0.1, 0.15) is 19.3 Å². The zero-order valence-corrected chi connectivity index (χ0v) is 19.5. The van der Waals surface area contributed by atoms with Crippen LogP contribution in [0.5, 0.6) is 0 Å². The molecule has 2 aliphatic heterocycles. The van der Waals surface area contributed by atoms with Crippen molar-refractivity contribution >= 4 is 28.6 Å². The molecule has 0 spiro atoms. The first-order valence-electron chi connectivity index (χ1n) is 12.4. The van der Waals surface area contributed by atoms with Gasteiger partial charge >= 0.3 is 0 Å². The van der Waals surface area contributed by atoms with Crippen molar-refractivity contribution in [1.29, 1.82) is 0 Å². The van der Waals surface area contributed by atoms with Crippen molar-refractivity contribution < 1.29 is 9.18 Å². The summed E-state index contributed by atoms with van der Waals surface area (Å²) in [5.41, 5.74) is 2.68. The number of piperidine rings is 1. The van der Waals surface area contributed by atoms with E-state index < -0.39 is 0 Å². The van der Waals surface area contributed by atoms with Gasteiger partial charge in [0.15, 0.2) is 0 Å². The van der Waals surface area contributed by atoms with Gasteiger partial charge in [-0.2, -0.15) is 0 Å². The second-order valence-corrected chi connectivity index (χ2v) is 9.29. The standard InChI is InChI=1S/C26H33FN6O/c27-21-8-1-4-11-24(21)32-17-15-31(16-18-32)13-6-12-28-25(34)20-7-5-14-33(19-20)26-29-22-9-2-3-10-23(22)30-26/h1-4,8-11,20H,5-7,12-19H2,(H,28,34)(H,29,30). The molecule has 2 aromatic carbocycles. The highest BCUT2D eigenvalue weighted by Gasteiger charge is 2.27. The van der Waals surface area contributed by atoms with Gasteiger partial charge in [0, 0.05) is 45.8 Å². The van der Waals surface area contributed by atoms with Crippen LogP contribution >= 0.6 is 0 Å². The number of hydrogen-bond acceptors (Lipinski definition) is 5. The average Bonchev–Trinajstić information content (AvgIpc) is 3.32. The van der Waals surface area contributed by atoms with Gasteiger partial charge in [0.2, 0.25) is 11.9 Å². The molecule has 34 heavy (non-hydrogen) atoms. The highest BCUT2D eigenvalue weighted by molar-refractivity contribution is 5.80. The lowest BCUT2D eigenvalue weighted by molar-refractivity contribution is -0.125. The van der Waals surface area contributed by atoms with Crippen LogP contribution in [0, 0.1) is 11.7 Å². The van der Waals surface area contributed by atoms with Crippen molar-refractivity contribution in [2.24, 2.45) is 5.92 Å². The van der Waals surface area contributed by atoms with Gasteiger partial charge in [-0.1, -0.05) is 24.3 Å². The number of carbonyl (C=O) groups is 1. The number of fused-ring (bicyclic) bond motifs is 1. The van der Waals surface area contributed by atoms with E-state index in [2.05, 4.69) is 25.0 Å². The number of hydrogen-bond donors (Lipinski definition) is 2. The maximum Gasteiger partial charge on any atom is 0.224 e. The van der Waals surface area contributed by atoms with Crippen LogP contribution in [0.15, 0.2) is 48.5 Å². The summed E-state index contributed by atoms with van der Waals surface area (Å²) in [7, 11) is 0. The number of imidazole rings is 1. The number of rotatable bonds is 7. The average molecular weight is 465 g/mol. The lowest BCUT2D eigenvalue weighted by Crippen LogP contribution is -2.47. The van der Waals surface area contributed by atoms with E-state index in [1.165, 1.54) is 6.07 Å². The molecular formula is C26H33FN6O. The molecule has 0 saturated carbocycles. The number of benzene rings is 2. The molecule has 0 radical (unpaired) electrons. The molecule has 1 amide bonds. The summed E-state index contributed by atoms with van der Waals surface area (Å²) in [5, 5.41) is 3.15. The Labute approximate surface area is 199 Å². The Morgan fingerprint density at radius 3 is 2.65 bits per heavy atom. The molecule has 1 unspecified atom stereocenters. The SMILES string of the molecule is O=C(NCCCN1CCN(c2ccccc2F)CC1)C1CCCN(c2nc3ccccc3[nH]2)C1. The van der Waals surface area contributed by atoms with Gasteiger partial charge in [0.1, 0.15) is 5.82 Å². The Bertz CT molecular complexity index is 1080. The summed E-state index contributed by atoms with van der Waals surface area (Å²) < 4.78 is 14.0. The number of aromatic nitrogens is 2. The Kier molecular flexibility index (Phi) is 6.94. The molecule has 0 bridgehead atoms. The zero-order chi connectivity index (χ0) is 23.3. The molecule has 5 rings (SSSR count).